The highest BCUT2D eigenvalue weighted by molar-refractivity contribution is 9.10. The first-order valence-corrected chi connectivity index (χ1v) is 8.38. The van der Waals surface area contributed by atoms with Crippen molar-refractivity contribution in [2.75, 3.05) is 6.54 Å². The van der Waals surface area contributed by atoms with Crippen LogP contribution in [0.15, 0.2) is 28.7 Å². The molecule has 110 valence electrons. The van der Waals surface area contributed by atoms with Gasteiger partial charge in [-0.15, -0.1) is 0 Å². The third-order valence-electron chi connectivity index (χ3n) is 4.86. The van der Waals surface area contributed by atoms with E-state index in [-0.39, 0.29) is 12.1 Å². The van der Waals surface area contributed by atoms with Gasteiger partial charge in [-0.2, -0.15) is 0 Å². The molecule has 3 nitrogen and oxygen atoms in total. The number of rotatable bonds is 4. The van der Waals surface area contributed by atoms with E-state index in [4.69, 9.17) is 5.73 Å². The van der Waals surface area contributed by atoms with Gasteiger partial charge in [-0.1, -0.05) is 34.1 Å². The number of hydrogen-bond acceptors (Lipinski definition) is 3. The minimum Gasteiger partial charge on any atom is -0.393 e. The fourth-order valence-electron chi connectivity index (χ4n) is 3.83. The second-order valence-electron chi connectivity index (χ2n) is 6.16. The standard InChI is InChI=1S/C16H23BrN2O/c17-15-4-2-1-3-14(15)16(18)7-8-19-11-5-6-12(19)10-13(20)9-11/h1-4,11-13,16,20H,5-10,18H2. The van der Waals surface area contributed by atoms with Gasteiger partial charge in [0.1, 0.15) is 0 Å². The quantitative estimate of drug-likeness (QED) is 0.887. The molecule has 3 atom stereocenters. The first-order chi connectivity index (χ1) is 9.65. The Morgan fingerprint density at radius 2 is 1.90 bits per heavy atom. The Labute approximate surface area is 129 Å². The van der Waals surface area contributed by atoms with Gasteiger partial charge in [0.25, 0.3) is 0 Å². The molecule has 0 spiro atoms. The van der Waals surface area contributed by atoms with Crippen LogP contribution in [0.4, 0.5) is 0 Å². The van der Waals surface area contributed by atoms with Gasteiger partial charge in [-0.3, -0.25) is 4.90 Å². The van der Waals surface area contributed by atoms with Gasteiger partial charge in [0.05, 0.1) is 6.10 Å². The van der Waals surface area contributed by atoms with Crippen LogP contribution < -0.4 is 5.73 Å². The van der Waals surface area contributed by atoms with Crippen molar-refractivity contribution < 1.29 is 5.11 Å². The lowest BCUT2D eigenvalue weighted by Crippen LogP contribution is -2.45. The molecule has 2 bridgehead atoms. The number of nitrogens with zero attached hydrogens (tertiary/aromatic N) is 1. The van der Waals surface area contributed by atoms with E-state index in [0.717, 1.165) is 30.3 Å². The summed E-state index contributed by atoms with van der Waals surface area (Å²) >= 11 is 3.58. The van der Waals surface area contributed by atoms with Gasteiger partial charge in [-0.25, -0.2) is 0 Å². The van der Waals surface area contributed by atoms with E-state index in [2.05, 4.69) is 33.0 Å². The van der Waals surface area contributed by atoms with Crippen molar-refractivity contribution in [1.82, 2.24) is 4.90 Å². The van der Waals surface area contributed by atoms with Gasteiger partial charge < -0.3 is 10.8 Å². The molecule has 2 saturated heterocycles. The Balaban J connectivity index is 1.59. The monoisotopic (exact) mass is 338 g/mol. The predicted octanol–water partition coefficient (Wildman–Crippen LogP) is 2.83. The molecule has 0 saturated carbocycles. The first-order valence-electron chi connectivity index (χ1n) is 7.59. The summed E-state index contributed by atoms with van der Waals surface area (Å²) in [4.78, 5) is 2.59. The predicted molar refractivity (Wildman–Crippen MR) is 84.4 cm³/mol. The zero-order valence-corrected chi connectivity index (χ0v) is 13.3. The maximum Gasteiger partial charge on any atom is 0.0570 e. The molecule has 2 aliphatic heterocycles. The number of aliphatic hydroxyl groups excluding tert-OH is 1. The molecule has 1 aromatic carbocycles. The van der Waals surface area contributed by atoms with Crippen molar-refractivity contribution in [2.24, 2.45) is 5.73 Å². The lowest BCUT2D eigenvalue weighted by Gasteiger charge is -2.37. The summed E-state index contributed by atoms with van der Waals surface area (Å²) < 4.78 is 1.10. The van der Waals surface area contributed by atoms with Crippen LogP contribution in [-0.2, 0) is 0 Å². The van der Waals surface area contributed by atoms with Crippen LogP contribution in [0.3, 0.4) is 0 Å². The average Bonchev–Trinajstić information content (AvgIpc) is 2.67. The van der Waals surface area contributed by atoms with Gasteiger partial charge >= 0.3 is 0 Å². The Hall–Kier alpha value is -0.420. The fraction of sp³-hybridized carbons (Fsp3) is 0.625. The normalized spacial score (nSPS) is 31.4. The van der Waals surface area contributed by atoms with Gasteiger partial charge in [0.15, 0.2) is 0 Å². The molecule has 2 aliphatic rings. The van der Waals surface area contributed by atoms with Crippen molar-refractivity contribution in [2.45, 2.75) is 56.3 Å². The molecule has 3 rings (SSSR count). The van der Waals surface area contributed by atoms with E-state index in [0.29, 0.717) is 12.1 Å². The van der Waals surface area contributed by atoms with Crippen molar-refractivity contribution in [3.05, 3.63) is 34.3 Å². The molecule has 0 amide bonds. The largest absolute Gasteiger partial charge is 0.393 e. The van der Waals surface area contributed by atoms with Crippen LogP contribution in [0.25, 0.3) is 0 Å². The summed E-state index contributed by atoms with van der Waals surface area (Å²) in [6, 6.07) is 9.45. The average molecular weight is 339 g/mol. The maximum absolute atomic E-state index is 9.84. The van der Waals surface area contributed by atoms with Crippen LogP contribution in [0.5, 0.6) is 0 Å². The van der Waals surface area contributed by atoms with Crippen LogP contribution in [0, 0.1) is 0 Å². The van der Waals surface area contributed by atoms with Crippen LogP contribution >= 0.6 is 15.9 Å². The third-order valence-corrected chi connectivity index (χ3v) is 5.58. The second kappa shape index (κ2) is 6.14. The molecule has 0 aromatic heterocycles. The second-order valence-corrected chi connectivity index (χ2v) is 7.02. The summed E-state index contributed by atoms with van der Waals surface area (Å²) in [5.74, 6) is 0. The molecular weight excluding hydrogens is 316 g/mol. The Morgan fingerprint density at radius 1 is 1.25 bits per heavy atom. The van der Waals surface area contributed by atoms with E-state index in [1.54, 1.807) is 0 Å². The molecule has 0 aliphatic carbocycles. The Bertz CT molecular complexity index is 454. The Morgan fingerprint density at radius 3 is 2.55 bits per heavy atom. The SMILES string of the molecule is NC(CCN1C2CCC1CC(O)C2)c1ccccc1Br. The number of benzene rings is 1. The molecule has 1 aromatic rings. The smallest absolute Gasteiger partial charge is 0.0570 e. The topological polar surface area (TPSA) is 49.5 Å². The van der Waals surface area contributed by atoms with Crippen molar-refractivity contribution >= 4 is 15.9 Å². The van der Waals surface area contributed by atoms with Crippen molar-refractivity contribution in [3.8, 4) is 0 Å². The summed E-state index contributed by atoms with van der Waals surface area (Å²) in [6.45, 7) is 1.05. The van der Waals surface area contributed by atoms with Crippen LogP contribution in [-0.4, -0.2) is 34.7 Å². The molecule has 4 heteroatoms. The van der Waals surface area contributed by atoms with E-state index in [1.165, 1.54) is 18.4 Å². The summed E-state index contributed by atoms with van der Waals surface area (Å²) in [5, 5.41) is 9.84. The van der Waals surface area contributed by atoms with Crippen molar-refractivity contribution in [3.63, 3.8) is 0 Å². The minimum atomic E-state index is -0.0827. The lowest BCUT2D eigenvalue weighted by molar-refractivity contribution is 0.0340. The lowest BCUT2D eigenvalue weighted by atomic mass is 9.98. The zero-order valence-electron chi connectivity index (χ0n) is 11.7. The zero-order chi connectivity index (χ0) is 14.1. The molecule has 2 fully saturated rings. The minimum absolute atomic E-state index is 0.0804. The highest BCUT2D eigenvalue weighted by Crippen LogP contribution is 2.36. The number of fused-ring (bicyclic) bond motifs is 2. The van der Waals surface area contributed by atoms with Gasteiger partial charge in [-0.05, 0) is 43.7 Å². The Kier molecular flexibility index (Phi) is 4.46. The van der Waals surface area contributed by atoms with E-state index in [1.807, 2.05) is 12.1 Å². The number of nitrogens with two attached hydrogens (primary N) is 1. The number of halogens is 1. The number of piperidine rings is 1. The maximum atomic E-state index is 9.84. The molecule has 2 heterocycles. The van der Waals surface area contributed by atoms with E-state index in [9.17, 15) is 5.11 Å². The van der Waals surface area contributed by atoms with Crippen molar-refractivity contribution in [1.29, 1.82) is 0 Å². The highest BCUT2D eigenvalue weighted by atomic mass is 79.9. The first kappa shape index (κ1) is 14.5. The fourth-order valence-corrected chi connectivity index (χ4v) is 4.41. The molecular formula is C16H23BrN2O. The third kappa shape index (κ3) is 2.93. The van der Waals surface area contributed by atoms with Crippen LogP contribution in [0.1, 0.15) is 43.7 Å². The van der Waals surface area contributed by atoms with Crippen LogP contribution in [0.2, 0.25) is 0 Å². The van der Waals surface area contributed by atoms with E-state index < -0.39 is 0 Å². The molecule has 0 radical (unpaired) electrons. The summed E-state index contributed by atoms with van der Waals surface area (Å²) in [5.41, 5.74) is 7.54. The summed E-state index contributed by atoms with van der Waals surface area (Å²) in [7, 11) is 0. The number of hydrogen-bond donors (Lipinski definition) is 2. The van der Waals surface area contributed by atoms with Gasteiger partial charge in [0.2, 0.25) is 0 Å². The molecule has 3 unspecified atom stereocenters. The highest BCUT2D eigenvalue weighted by Gasteiger charge is 2.39. The molecule has 20 heavy (non-hydrogen) atoms. The number of aliphatic hydroxyl groups is 1. The van der Waals surface area contributed by atoms with E-state index >= 15 is 0 Å². The summed E-state index contributed by atoms with van der Waals surface area (Å²) in [6.07, 6.45) is 5.27. The molecule has 3 N–H and O–H groups in total. The van der Waals surface area contributed by atoms with Gasteiger partial charge in [0, 0.05) is 29.1 Å².